The lowest BCUT2D eigenvalue weighted by Crippen LogP contribution is -2.29. The minimum atomic E-state index is -0.816. The van der Waals surface area contributed by atoms with Gasteiger partial charge in [0, 0.05) is 11.8 Å². The first-order chi connectivity index (χ1) is 14.2. The minimum absolute atomic E-state index is 0.388. The fourth-order valence-corrected chi connectivity index (χ4v) is 2.76. The minimum Gasteiger partial charge on any atom is -0.486 e. The van der Waals surface area contributed by atoms with E-state index in [0.717, 1.165) is 0 Å². The molecule has 3 aromatic rings. The Morgan fingerprint density at radius 1 is 0.759 bits per heavy atom. The lowest BCUT2D eigenvalue weighted by Gasteiger charge is -2.19. The Kier molecular flexibility index (Phi) is 5.29. The summed E-state index contributed by atoms with van der Waals surface area (Å²) in [5.74, 6) is 0.552. The molecule has 0 spiro atoms. The van der Waals surface area contributed by atoms with Gasteiger partial charge in [-0.3, -0.25) is 9.59 Å². The summed E-state index contributed by atoms with van der Waals surface area (Å²) in [5.41, 5.74) is 0.821. The Labute approximate surface area is 167 Å². The van der Waals surface area contributed by atoms with Gasteiger partial charge >= 0.3 is 11.8 Å². The van der Waals surface area contributed by atoms with Crippen LogP contribution in [0.15, 0.2) is 72.8 Å². The van der Waals surface area contributed by atoms with Gasteiger partial charge in [-0.05, 0) is 36.4 Å². The van der Waals surface area contributed by atoms with Crippen molar-refractivity contribution in [2.24, 2.45) is 0 Å². The van der Waals surface area contributed by atoms with Crippen LogP contribution in [0.2, 0.25) is 0 Å². The summed E-state index contributed by atoms with van der Waals surface area (Å²) in [4.78, 5) is 24.7. The Hall–Kier alpha value is -4.00. The molecule has 7 heteroatoms. The topological polar surface area (TPSA) is 85.9 Å². The molecule has 2 amide bonds. The van der Waals surface area contributed by atoms with E-state index in [1.807, 2.05) is 18.2 Å². The fraction of sp³-hybridized carbons (Fsp3) is 0.0909. The maximum atomic E-state index is 12.4. The number of hydrogen-bond donors (Lipinski definition) is 2. The summed E-state index contributed by atoms with van der Waals surface area (Å²) in [6, 6.07) is 21.0. The van der Waals surface area contributed by atoms with Crippen molar-refractivity contribution >= 4 is 23.2 Å². The van der Waals surface area contributed by atoms with Crippen molar-refractivity contribution in [2.75, 3.05) is 23.8 Å². The number of hydrogen-bond acceptors (Lipinski definition) is 5. The monoisotopic (exact) mass is 390 g/mol. The second-order valence-corrected chi connectivity index (χ2v) is 6.18. The van der Waals surface area contributed by atoms with E-state index in [2.05, 4.69) is 10.6 Å². The van der Waals surface area contributed by atoms with Gasteiger partial charge in [0.1, 0.15) is 19.0 Å². The van der Waals surface area contributed by atoms with Gasteiger partial charge in [0.05, 0.1) is 5.69 Å². The molecule has 1 aliphatic heterocycles. The largest absolute Gasteiger partial charge is 0.486 e. The molecule has 146 valence electrons. The SMILES string of the molecule is O=C(Nc1ccc2c(c1)OCCO2)C(=O)Nc1ccccc1Oc1ccccc1. The molecule has 1 heterocycles. The predicted octanol–water partition coefficient (Wildman–Crippen LogP) is 3.83. The molecule has 7 nitrogen and oxygen atoms in total. The van der Waals surface area contributed by atoms with E-state index in [-0.39, 0.29) is 0 Å². The molecular weight excluding hydrogens is 372 g/mol. The van der Waals surface area contributed by atoms with Crippen LogP contribution in [0, 0.1) is 0 Å². The number of para-hydroxylation sites is 3. The zero-order valence-corrected chi connectivity index (χ0v) is 15.4. The van der Waals surface area contributed by atoms with E-state index in [0.29, 0.717) is 47.6 Å². The molecule has 0 saturated carbocycles. The molecule has 0 aliphatic carbocycles. The average Bonchev–Trinajstić information content (AvgIpc) is 2.75. The first kappa shape index (κ1) is 18.4. The molecule has 0 aromatic heterocycles. The molecular formula is C22H18N2O5. The van der Waals surface area contributed by atoms with Crippen molar-refractivity contribution in [1.82, 2.24) is 0 Å². The van der Waals surface area contributed by atoms with Crippen LogP contribution in [0.4, 0.5) is 11.4 Å². The average molecular weight is 390 g/mol. The molecule has 2 N–H and O–H groups in total. The molecule has 4 rings (SSSR count). The summed E-state index contributed by atoms with van der Waals surface area (Å²) in [6.45, 7) is 0.911. The Morgan fingerprint density at radius 2 is 1.45 bits per heavy atom. The standard InChI is InChI=1S/C22H18N2O5/c25-21(23-15-10-11-19-20(14-15)28-13-12-27-19)22(26)24-17-8-4-5-9-18(17)29-16-6-2-1-3-7-16/h1-11,14H,12-13H2,(H,23,25)(H,24,26). The molecule has 0 saturated heterocycles. The van der Waals surface area contributed by atoms with E-state index >= 15 is 0 Å². The molecule has 0 unspecified atom stereocenters. The maximum Gasteiger partial charge on any atom is 0.314 e. The third-order valence-electron chi connectivity index (χ3n) is 4.11. The third kappa shape index (κ3) is 4.47. The smallest absolute Gasteiger partial charge is 0.314 e. The summed E-state index contributed by atoms with van der Waals surface area (Å²) >= 11 is 0. The second kappa shape index (κ2) is 8.35. The molecule has 29 heavy (non-hydrogen) atoms. The van der Waals surface area contributed by atoms with Crippen molar-refractivity contribution in [3.63, 3.8) is 0 Å². The zero-order chi connectivity index (χ0) is 20.1. The van der Waals surface area contributed by atoms with E-state index in [4.69, 9.17) is 14.2 Å². The first-order valence-electron chi connectivity index (χ1n) is 9.03. The summed E-state index contributed by atoms with van der Waals surface area (Å²) in [5, 5.41) is 5.14. The molecule has 3 aromatic carbocycles. The molecule has 0 bridgehead atoms. The van der Waals surface area contributed by atoms with Crippen molar-refractivity contribution in [2.45, 2.75) is 0 Å². The summed E-state index contributed by atoms with van der Waals surface area (Å²) in [7, 11) is 0. The van der Waals surface area contributed by atoms with Crippen LogP contribution >= 0.6 is 0 Å². The number of rotatable bonds is 4. The van der Waals surface area contributed by atoms with E-state index < -0.39 is 11.8 Å². The van der Waals surface area contributed by atoms with Crippen molar-refractivity contribution in [3.8, 4) is 23.0 Å². The van der Waals surface area contributed by atoms with Gasteiger partial charge in [0.25, 0.3) is 0 Å². The highest BCUT2D eigenvalue weighted by Gasteiger charge is 2.18. The maximum absolute atomic E-state index is 12.4. The number of benzene rings is 3. The van der Waals surface area contributed by atoms with Crippen LogP contribution in [0.3, 0.4) is 0 Å². The van der Waals surface area contributed by atoms with Crippen molar-refractivity contribution in [3.05, 3.63) is 72.8 Å². The van der Waals surface area contributed by atoms with Gasteiger partial charge in [-0.15, -0.1) is 0 Å². The van der Waals surface area contributed by atoms with Crippen molar-refractivity contribution < 1.29 is 23.8 Å². The normalized spacial score (nSPS) is 12.0. The molecule has 0 fully saturated rings. The van der Waals surface area contributed by atoms with Gasteiger partial charge in [-0.2, -0.15) is 0 Å². The highest BCUT2D eigenvalue weighted by atomic mass is 16.6. The first-order valence-corrected chi connectivity index (χ1v) is 9.03. The van der Waals surface area contributed by atoms with Gasteiger partial charge in [0.2, 0.25) is 0 Å². The number of ether oxygens (including phenoxy) is 3. The number of carbonyl (C=O) groups excluding carboxylic acids is 2. The number of fused-ring (bicyclic) bond motifs is 1. The second-order valence-electron chi connectivity index (χ2n) is 6.18. The van der Waals surface area contributed by atoms with Crippen LogP contribution in [-0.2, 0) is 9.59 Å². The van der Waals surface area contributed by atoms with Crippen LogP contribution < -0.4 is 24.8 Å². The lowest BCUT2D eigenvalue weighted by atomic mass is 10.2. The van der Waals surface area contributed by atoms with Crippen LogP contribution in [-0.4, -0.2) is 25.0 Å². The highest BCUT2D eigenvalue weighted by molar-refractivity contribution is 6.43. The fourth-order valence-electron chi connectivity index (χ4n) is 2.76. The van der Waals surface area contributed by atoms with Gasteiger partial charge in [-0.1, -0.05) is 30.3 Å². The van der Waals surface area contributed by atoms with Gasteiger partial charge < -0.3 is 24.8 Å². The quantitative estimate of drug-likeness (QED) is 0.662. The van der Waals surface area contributed by atoms with Gasteiger partial charge in [-0.25, -0.2) is 0 Å². The summed E-state index contributed by atoms with van der Waals surface area (Å²) in [6.07, 6.45) is 0. The Bertz CT molecular complexity index is 1040. The predicted molar refractivity (Wildman–Crippen MR) is 108 cm³/mol. The van der Waals surface area contributed by atoms with Crippen molar-refractivity contribution in [1.29, 1.82) is 0 Å². The molecule has 0 atom stereocenters. The van der Waals surface area contributed by atoms with E-state index in [1.54, 1.807) is 54.6 Å². The van der Waals surface area contributed by atoms with Crippen LogP contribution in [0.25, 0.3) is 0 Å². The third-order valence-corrected chi connectivity index (χ3v) is 4.11. The number of carbonyl (C=O) groups is 2. The van der Waals surface area contributed by atoms with Gasteiger partial charge in [0.15, 0.2) is 17.2 Å². The van der Waals surface area contributed by atoms with Crippen LogP contribution in [0.5, 0.6) is 23.0 Å². The number of anilines is 2. The lowest BCUT2D eigenvalue weighted by molar-refractivity contribution is -0.133. The molecule has 1 aliphatic rings. The Morgan fingerprint density at radius 3 is 2.28 bits per heavy atom. The van der Waals surface area contributed by atoms with Crippen LogP contribution in [0.1, 0.15) is 0 Å². The number of nitrogens with one attached hydrogen (secondary N) is 2. The zero-order valence-electron chi connectivity index (χ0n) is 15.4. The highest BCUT2D eigenvalue weighted by Crippen LogP contribution is 2.33. The van der Waals surface area contributed by atoms with E-state index in [1.165, 1.54) is 0 Å². The summed E-state index contributed by atoms with van der Waals surface area (Å²) < 4.78 is 16.7. The molecule has 0 radical (unpaired) electrons. The Balaban J connectivity index is 1.43. The van der Waals surface area contributed by atoms with E-state index in [9.17, 15) is 9.59 Å². The number of amides is 2.